The summed E-state index contributed by atoms with van der Waals surface area (Å²) >= 11 is 0. The second-order valence-corrected chi connectivity index (χ2v) is 8.40. The maximum absolute atomic E-state index is 13.0. The van der Waals surface area contributed by atoms with Crippen molar-refractivity contribution < 1.29 is 26.4 Å². The first kappa shape index (κ1) is 21.7. The Kier molecular flexibility index (Phi) is 6.08. The van der Waals surface area contributed by atoms with Gasteiger partial charge in [-0.05, 0) is 50.1 Å². The smallest absolute Gasteiger partial charge is 0.324 e. The summed E-state index contributed by atoms with van der Waals surface area (Å²) in [5.74, 6) is -0.653. The van der Waals surface area contributed by atoms with Gasteiger partial charge in [0.25, 0.3) is 0 Å². The van der Waals surface area contributed by atoms with Crippen molar-refractivity contribution in [3.8, 4) is 0 Å². The molecule has 152 valence electrons. The molecule has 0 aliphatic rings. The molecule has 0 saturated carbocycles. The van der Waals surface area contributed by atoms with Crippen LogP contribution in [0.25, 0.3) is 0 Å². The highest BCUT2D eigenvalue weighted by Crippen LogP contribution is 2.33. The Morgan fingerprint density at radius 3 is 2.11 bits per heavy atom. The number of hydrogen-bond acceptors (Lipinski definition) is 3. The summed E-state index contributed by atoms with van der Waals surface area (Å²) in [6, 6.07) is 8.00. The van der Waals surface area contributed by atoms with Crippen LogP contribution in [-0.4, -0.2) is 26.6 Å². The van der Waals surface area contributed by atoms with Crippen LogP contribution in [0.15, 0.2) is 42.5 Å². The van der Waals surface area contributed by atoms with Crippen molar-refractivity contribution in [2.24, 2.45) is 0 Å². The predicted molar refractivity (Wildman–Crippen MR) is 103 cm³/mol. The van der Waals surface area contributed by atoms with Gasteiger partial charge in [0, 0.05) is 5.69 Å². The normalized spacial score (nSPS) is 13.1. The SMILES string of the molecule is Cc1cccc(C)c1NC(=O)[C@H](C)N(c1cccc(C(F)(F)F)c1)S(C)(=O)=O. The number of alkyl halides is 3. The molecule has 1 amide bonds. The number of halogens is 3. The van der Waals surface area contributed by atoms with Crippen molar-refractivity contribution >= 4 is 27.3 Å². The molecule has 9 heteroatoms. The van der Waals surface area contributed by atoms with Crippen molar-refractivity contribution in [2.45, 2.75) is 33.0 Å². The Hall–Kier alpha value is -2.55. The second kappa shape index (κ2) is 7.83. The summed E-state index contributed by atoms with van der Waals surface area (Å²) in [5, 5.41) is 2.68. The minimum atomic E-state index is -4.64. The molecule has 0 aliphatic heterocycles. The van der Waals surface area contributed by atoms with Gasteiger partial charge in [-0.15, -0.1) is 0 Å². The van der Waals surface area contributed by atoms with Crippen LogP contribution in [0.2, 0.25) is 0 Å². The van der Waals surface area contributed by atoms with Crippen molar-refractivity contribution in [1.29, 1.82) is 0 Å². The van der Waals surface area contributed by atoms with Crippen LogP contribution in [0, 0.1) is 13.8 Å². The van der Waals surface area contributed by atoms with Gasteiger partial charge in [-0.3, -0.25) is 9.10 Å². The number of amides is 1. The molecule has 5 nitrogen and oxygen atoms in total. The predicted octanol–water partition coefficient (Wildman–Crippen LogP) is 4.12. The van der Waals surface area contributed by atoms with Crippen molar-refractivity contribution in [2.75, 3.05) is 15.9 Å². The zero-order valence-corrected chi connectivity index (χ0v) is 16.6. The summed E-state index contributed by atoms with van der Waals surface area (Å²) in [6.45, 7) is 4.90. The van der Waals surface area contributed by atoms with Crippen molar-refractivity contribution in [1.82, 2.24) is 0 Å². The number of rotatable bonds is 5. The second-order valence-electron chi connectivity index (χ2n) is 6.54. The number of aryl methyl sites for hydroxylation is 2. The molecule has 0 radical (unpaired) electrons. The van der Waals surface area contributed by atoms with Gasteiger partial charge in [-0.1, -0.05) is 24.3 Å². The summed E-state index contributed by atoms with van der Waals surface area (Å²) in [5.41, 5.74) is 0.871. The van der Waals surface area contributed by atoms with E-state index in [2.05, 4.69) is 5.32 Å². The Balaban J connectivity index is 2.43. The lowest BCUT2D eigenvalue weighted by atomic mass is 10.1. The van der Waals surface area contributed by atoms with E-state index >= 15 is 0 Å². The number of benzene rings is 2. The van der Waals surface area contributed by atoms with Gasteiger partial charge in [0.05, 0.1) is 17.5 Å². The van der Waals surface area contributed by atoms with Crippen LogP contribution in [0.1, 0.15) is 23.6 Å². The molecule has 0 unspecified atom stereocenters. The fourth-order valence-corrected chi connectivity index (χ4v) is 4.03. The van der Waals surface area contributed by atoms with E-state index in [1.54, 1.807) is 26.0 Å². The first-order valence-electron chi connectivity index (χ1n) is 8.36. The first-order chi connectivity index (χ1) is 12.8. The van der Waals surface area contributed by atoms with E-state index in [-0.39, 0.29) is 5.69 Å². The quantitative estimate of drug-likeness (QED) is 0.801. The van der Waals surface area contributed by atoms with E-state index in [0.717, 1.165) is 29.5 Å². The van der Waals surface area contributed by atoms with E-state index < -0.39 is 33.7 Å². The monoisotopic (exact) mass is 414 g/mol. The molecule has 1 N–H and O–H groups in total. The van der Waals surface area contributed by atoms with Crippen LogP contribution >= 0.6 is 0 Å². The molecule has 0 aromatic heterocycles. The number of para-hydroxylation sites is 1. The zero-order chi connectivity index (χ0) is 21.3. The van der Waals surface area contributed by atoms with Gasteiger partial charge in [0.15, 0.2) is 0 Å². The lowest BCUT2D eigenvalue weighted by Crippen LogP contribution is -2.45. The molecule has 0 heterocycles. The van der Waals surface area contributed by atoms with Gasteiger partial charge >= 0.3 is 6.18 Å². The number of carbonyl (C=O) groups excluding carboxylic acids is 1. The highest BCUT2D eigenvalue weighted by molar-refractivity contribution is 7.92. The van der Waals surface area contributed by atoms with E-state index in [4.69, 9.17) is 0 Å². The molecule has 1 atom stereocenters. The van der Waals surface area contributed by atoms with E-state index in [1.807, 2.05) is 6.07 Å². The minimum Gasteiger partial charge on any atom is -0.324 e. The molecule has 0 bridgehead atoms. The average molecular weight is 414 g/mol. The molecule has 2 aromatic rings. The van der Waals surface area contributed by atoms with Gasteiger partial charge in [-0.2, -0.15) is 13.2 Å². The fourth-order valence-electron chi connectivity index (χ4n) is 2.87. The third-order valence-corrected chi connectivity index (χ3v) is 5.49. The number of sulfonamides is 1. The van der Waals surface area contributed by atoms with E-state index in [0.29, 0.717) is 16.1 Å². The largest absolute Gasteiger partial charge is 0.416 e. The first-order valence-corrected chi connectivity index (χ1v) is 10.2. The zero-order valence-electron chi connectivity index (χ0n) is 15.8. The van der Waals surface area contributed by atoms with Gasteiger partial charge in [0.2, 0.25) is 15.9 Å². The Morgan fingerprint density at radius 1 is 1.07 bits per heavy atom. The summed E-state index contributed by atoms with van der Waals surface area (Å²) in [4.78, 5) is 12.7. The Morgan fingerprint density at radius 2 is 1.61 bits per heavy atom. The molecular formula is C19H21F3N2O3S. The molecule has 0 spiro atoms. The van der Waals surface area contributed by atoms with Crippen LogP contribution in [0.5, 0.6) is 0 Å². The number of carbonyl (C=O) groups is 1. The maximum Gasteiger partial charge on any atom is 0.416 e. The Labute approximate surface area is 162 Å². The molecular weight excluding hydrogens is 393 g/mol. The lowest BCUT2D eigenvalue weighted by Gasteiger charge is -2.29. The Bertz CT molecular complexity index is 968. The third-order valence-electron chi connectivity index (χ3n) is 4.25. The molecule has 0 aliphatic carbocycles. The molecule has 2 rings (SSSR count). The number of anilines is 2. The topological polar surface area (TPSA) is 66.5 Å². The highest BCUT2D eigenvalue weighted by Gasteiger charge is 2.34. The number of nitrogens with zero attached hydrogens (tertiary/aromatic N) is 1. The van der Waals surface area contributed by atoms with Crippen molar-refractivity contribution in [3.05, 3.63) is 59.2 Å². The van der Waals surface area contributed by atoms with Crippen LogP contribution in [0.3, 0.4) is 0 Å². The van der Waals surface area contributed by atoms with Crippen LogP contribution in [-0.2, 0) is 21.0 Å². The van der Waals surface area contributed by atoms with Gasteiger partial charge < -0.3 is 5.32 Å². The molecule has 0 saturated heterocycles. The average Bonchev–Trinajstić information content (AvgIpc) is 2.56. The summed E-state index contributed by atoms with van der Waals surface area (Å²) < 4.78 is 64.3. The van der Waals surface area contributed by atoms with E-state index in [1.165, 1.54) is 13.0 Å². The van der Waals surface area contributed by atoms with E-state index in [9.17, 15) is 26.4 Å². The summed E-state index contributed by atoms with van der Waals surface area (Å²) in [6.07, 6.45) is -3.79. The molecule has 2 aromatic carbocycles. The van der Waals surface area contributed by atoms with Crippen LogP contribution in [0.4, 0.5) is 24.5 Å². The lowest BCUT2D eigenvalue weighted by molar-refractivity contribution is -0.137. The standard InChI is InChI=1S/C19H21F3N2O3S/c1-12-7-5-8-13(2)17(12)23-18(25)14(3)24(28(4,26)27)16-10-6-9-15(11-16)19(20,21)22/h5-11,14H,1-4H3,(H,23,25)/t14-/m0/s1. The summed E-state index contributed by atoms with van der Waals surface area (Å²) in [7, 11) is -4.03. The number of nitrogens with one attached hydrogen (secondary N) is 1. The highest BCUT2D eigenvalue weighted by atomic mass is 32.2. The van der Waals surface area contributed by atoms with Gasteiger partial charge in [0.1, 0.15) is 6.04 Å². The molecule has 0 fully saturated rings. The number of hydrogen-bond donors (Lipinski definition) is 1. The minimum absolute atomic E-state index is 0.235. The maximum atomic E-state index is 13.0. The van der Waals surface area contributed by atoms with Crippen molar-refractivity contribution in [3.63, 3.8) is 0 Å². The molecule has 28 heavy (non-hydrogen) atoms. The van der Waals surface area contributed by atoms with Gasteiger partial charge in [-0.25, -0.2) is 8.42 Å². The fraction of sp³-hybridized carbons (Fsp3) is 0.316. The third kappa shape index (κ3) is 4.83. The van der Waals surface area contributed by atoms with Crippen LogP contribution < -0.4 is 9.62 Å².